The van der Waals surface area contributed by atoms with E-state index in [9.17, 15) is 9.59 Å². The van der Waals surface area contributed by atoms with Gasteiger partial charge in [-0.1, -0.05) is 12.2 Å². The van der Waals surface area contributed by atoms with Gasteiger partial charge in [0, 0.05) is 0 Å². The number of nitrogens with one attached hydrogen (secondary N) is 1. The van der Waals surface area contributed by atoms with Gasteiger partial charge >= 0.3 is 0 Å². The second-order valence-electron chi connectivity index (χ2n) is 2.12. The molecule has 4 nitrogen and oxygen atoms in total. The van der Waals surface area contributed by atoms with Gasteiger partial charge in [0.25, 0.3) is 5.91 Å². The van der Waals surface area contributed by atoms with Gasteiger partial charge in [-0.3, -0.25) is 9.59 Å². The molecule has 1 atom stereocenters. The molecule has 0 aromatic heterocycles. The number of nitrogens with two attached hydrogens (primary N) is 1. The largest absolute Gasteiger partial charge is 0.378 e. The molecule has 0 bridgehead atoms. The third kappa shape index (κ3) is 1.67. The minimum atomic E-state index is -0.914. The molecule has 1 amide bonds. The van der Waals surface area contributed by atoms with Gasteiger partial charge < -0.3 is 11.1 Å². The van der Waals surface area contributed by atoms with E-state index in [4.69, 9.17) is 5.73 Å². The molecule has 0 saturated heterocycles. The Kier molecular flexibility index (Phi) is 2.06. The number of carbonyl (C=O) groups is 2. The Bertz CT molecular complexity index is 243. The quantitative estimate of drug-likeness (QED) is 0.503. The number of ketones is 1. The summed E-state index contributed by atoms with van der Waals surface area (Å²) in [5.41, 5.74) is 4.78. The maximum atomic E-state index is 10.9. The summed E-state index contributed by atoms with van der Waals surface area (Å²) in [5.74, 6) is -1.53. The molecular formula is C7H8N2O2. The lowest BCUT2D eigenvalue weighted by molar-refractivity contribution is -0.136. The molecule has 1 rings (SSSR count). The molecule has 0 aromatic rings. The Morgan fingerprint density at radius 1 is 1.36 bits per heavy atom. The van der Waals surface area contributed by atoms with E-state index >= 15 is 0 Å². The lowest BCUT2D eigenvalue weighted by atomic mass is 10.1. The van der Waals surface area contributed by atoms with Crippen LogP contribution in [0.5, 0.6) is 0 Å². The molecule has 1 heterocycles. The van der Waals surface area contributed by atoms with Crippen molar-refractivity contribution in [3.05, 3.63) is 24.4 Å². The topological polar surface area (TPSA) is 72.2 Å². The van der Waals surface area contributed by atoms with E-state index in [2.05, 4.69) is 5.32 Å². The zero-order chi connectivity index (χ0) is 8.27. The number of dihydropyridines is 1. The molecule has 0 radical (unpaired) electrons. The van der Waals surface area contributed by atoms with E-state index in [0.717, 1.165) is 0 Å². The van der Waals surface area contributed by atoms with Gasteiger partial charge in [-0.15, -0.1) is 0 Å². The zero-order valence-corrected chi connectivity index (χ0v) is 5.78. The van der Waals surface area contributed by atoms with Crippen LogP contribution in [0.1, 0.15) is 0 Å². The fraction of sp³-hybridized carbons (Fsp3) is 0.143. The number of carbonyl (C=O) groups excluding carboxylic acids is 2. The van der Waals surface area contributed by atoms with E-state index in [1.165, 1.54) is 0 Å². The van der Waals surface area contributed by atoms with Crippen molar-refractivity contribution < 1.29 is 9.59 Å². The van der Waals surface area contributed by atoms with Crippen molar-refractivity contribution >= 4 is 11.7 Å². The number of Topliss-reactive ketones (excluding diaryl/α,β-unsaturated/α-hetero) is 1. The summed E-state index contributed by atoms with van der Waals surface area (Å²) in [5, 5.41) is 2.68. The van der Waals surface area contributed by atoms with E-state index in [1.54, 1.807) is 24.4 Å². The molecule has 0 aromatic carbocycles. The molecule has 1 aliphatic heterocycles. The highest BCUT2D eigenvalue weighted by Crippen LogP contribution is 1.94. The zero-order valence-electron chi connectivity index (χ0n) is 5.78. The summed E-state index contributed by atoms with van der Waals surface area (Å²) >= 11 is 0. The minimum absolute atomic E-state index is 0.586. The maximum Gasteiger partial charge on any atom is 0.287 e. The Labute approximate surface area is 63.8 Å². The van der Waals surface area contributed by atoms with Crippen LogP contribution in [0.2, 0.25) is 0 Å². The summed E-state index contributed by atoms with van der Waals surface area (Å²) in [6.07, 6.45) is 6.57. The summed E-state index contributed by atoms with van der Waals surface area (Å²) in [6, 6.07) is -0.586. The van der Waals surface area contributed by atoms with E-state index in [0.29, 0.717) is 0 Å². The molecule has 0 spiro atoms. The molecule has 1 unspecified atom stereocenters. The Balaban J connectivity index is 2.62. The highest BCUT2D eigenvalue weighted by atomic mass is 16.2. The van der Waals surface area contributed by atoms with Crippen molar-refractivity contribution in [1.82, 2.24) is 5.32 Å². The predicted octanol–water partition coefficient (Wildman–Crippen LogP) is -0.918. The fourth-order valence-corrected chi connectivity index (χ4v) is 0.762. The monoisotopic (exact) mass is 152 g/mol. The van der Waals surface area contributed by atoms with Crippen molar-refractivity contribution in [3.8, 4) is 0 Å². The van der Waals surface area contributed by atoms with Crippen LogP contribution in [0.25, 0.3) is 0 Å². The number of amides is 1. The second kappa shape index (κ2) is 3.01. The highest BCUT2D eigenvalue weighted by molar-refractivity contribution is 6.38. The molecule has 0 aliphatic carbocycles. The van der Waals surface area contributed by atoms with Gasteiger partial charge in [0.1, 0.15) is 6.04 Å². The van der Waals surface area contributed by atoms with Crippen LogP contribution < -0.4 is 11.1 Å². The van der Waals surface area contributed by atoms with Crippen LogP contribution in [-0.4, -0.2) is 17.7 Å². The smallest absolute Gasteiger partial charge is 0.287 e. The van der Waals surface area contributed by atoms with Gasteiger partial charge in [0.2, 0.25) is 5.78 Å². The third-order valence-electron chi connectivity index (χ3n) is 1.31. The second-order valence-corrected chi connectivity index (χ2v) is 2.12. The molecule has 58 valence electrons. The van der Waals surface area contributed by atoms with Crippen LogP contribution >= 0.6 is 0 Å². The SMILES string of the molecule is NC(=O)C(=O)C1C=CC=CN1. The standard InChI is InChI=1S/C7H8N2O2/c8-7(11)6(10)5-3-1-2-4-9-5/h1-5,9H,(H2,8,11). The Hall–Kier alpha value is -1.58. The van der Waals surface area contributed by atoms with Gasteiger partial charge in [-0.25, -0.2) is 0 Å². The minimum Gasteiger partial charge on any atom is -0.378 e. The lowest BCUT2D eigenvalue weighted by Crippen LogP contribution is -2.40. The van der Waals surface area contributed by atoms with Crippen molar-refractivity contribution in [1.29, 1.82) is 0 Å². The lowest BCUT2D eigenvalue weighted by Gasteiger charge is -2.11. The van der Waals surface area contributed by atoms with Crippen LogP contribution in [0, 0.1) is 0 Å². The molecule has 1 aliphatic rings. The third-order valence-corrected chi connectivity index (χ3v) is 1.31. The van der Waals surface area contributed by atoms with E-state index < -0.39 is 17.7 Å². The number of hydrogen-bond donors (Lipinski definition) is 2. The average Bonchev–Trinajstić information content (AvgIpc) is 2.05. The normalized spacial score (nSPS) is 20.9. The van der Waals surface area contributed by atoms with Crippen LogP contribution in [0.15, 0.2) is 24.4 Å². The molecular weight excluding hydrogens is 144 g/mol. The van der Waals surface area contributed by atoms with E-state index in [1.807, 2.05) is 0 Å². The van der Waals surface area contributed by atoms with Gasteiger partial charge in [-0.05, 0) is 12.3 Å². The first-order chi connectivity index (χ1) is 5.22. The molecule has 11 heavy (non-hydrogen) atoms. The highest BCUT2D eigenvalue weighted by Gasteiger charge is 2.19. The summed E-state index contributed by atoms with van der Waals surface area (Å²) in [6.45, 7) is 0. The van der Waals surface area contributed by atoms with Gasteiger partial charge in [-0.2, -0.15) is 0 Å². The van der Waals surface area contributed by atoms with Crippen molar-refractivity contribution in [2.75, 3.05) is 0 Å². The summed E-state index contributed by atoms with van der Waals surface area (Å²) in [7, 11) is 0. The maximum absolute atomic E-state index is 10.9. The molecule has 0 fully saturated rings. The molecule has 4 heteroatoms. The number of primary amides is 1. The van der Waals surface area contributed by atoms with Crippen molar-refractivity contribution in [3.63, 3.8) is 0 Å². The fourth-order valence-electron chi connectivity index (χ4n) is 0.762. The van der Waals surface area contributed by atoms with Crippen molar-refractivity contribution in [2.24, 2.45) is 5.73 Å². The van der Waals surface area contributed by atoms with Crippen molar-refractivity contribution in [2.45, 2.75) is 6.04 Å². The van der Waals surface area contributed by atoms with Gasteiger partial charge in [0.05, 0.1) is 0 Å². The van der Waals surface area contributed by atoms with E-state index in [-0.39, 0.29) is 0 Å². The summed E-state index contributed by atoms with van der Waals surface area (Å²) < 4.78 is 0. The first kappa shape index (κ1) is 7.53. The number of hydrogen-bond acceptors (Lipinski definition) is 3. The summed E-state index contributed by atoms with van der Waals surface area (Å²) in [4.78, 5) is 21.2. The molecule has 3 N–H and O–H groups in total. The average molecular weight is 152 g/mol. The number of allylic oxidation sites excluding steroid dienone is 2. The Morgan fingerprint density at radius 3 is 2.55 bits per heavy atom. The van der Waals surface area contributed by atoms with Crippen LogP contribution in [0.3, 0.4) is 0 Å². The number of rotatable bonds is 2. The first-order valence-electron chi connectivity index (χ1n) is 3.15. The van der Waals surface area contributed by atoms with Gasteiger partial charge in [0.15, 0.2) is 0 Å². The Morgan fingerprint density at radius 2 is 2.09 bits per heavy atom. The van der Waals surface area contributed by atoms with Crippen LogP contribution in [0.4, 0.5) is 0 Å². The predicted molar refractivity (Wildman–Crippen MR) is 39.4 cm³/mol. The van der Waals surface area contributed by atoms with Crippen LogP contribution in [-0.2, 0) is 9.59 Å². The first-order valence-corrected chi connectivity index (χ1v) is 3.15. The molecule has 0 saturated carbocycles.